The third kappa shape index (κ3) is 3.33. The lowest BCUT2D eigenvalue weighted by Crippen LogP contribution is -2.65. The molecule has 2 atom stereocenters. The van der Waals surface area contributed by atoms with Gasteiger partial charge in [-0.2, -0.15) is 0 Å². The van der Waals surface area contributed by atoms with Crippen LogP contribution in [0.1, 0.15) is 64.7 Å². The first-order valence-electron chi connectivity index (χ1n) is 9.23. The third-order valence-corrected chi connectivity index (χ3v) is 6.09. The van der Waals surface area contributed by atoms with E-state index in [0.29, 0.717) is 24.5 Å². The zero-order valence-corrected chi connectivity index (χ0v) is 13.9. The summed E-state index contributed by atoms with van der Waals surface area (Å²) in [5.74, 6) is 0.760. The minimum Gasteiger partial charge on any atom is -0.381 e. The van der Waals surface area contributed by atoms with Gasteiger partial charge in [-0.1, -0.05) is 19.3 Å². The van der Waals surface area contributed by atoms with Crippen LogP contribution < -0.4 is 5.32 Å². The predicted molar refractivity (Wildman–Crippen MR) is 85.6 cm³/mol. The molecule has 1 aliphatic heterocycles. The molecule has 3 fully saturated rings. The zero-order valence-electron chi connectivity index (χ0n) is 13.9. The van der Waals surface area contributed by atoms with Crippen LogP contribution in [0.2, 0.25) is 0 Å². The highest BCUT2D eigenvalue weighted by atomic mass is 16.5. The van der Waals surface area contributed by atoms with E-state index in [1.807, 2.05) is 0 Å². The number of carbonyl (C=O) groups is 1. The molecular weight excluding hydrogens is 278 g/mol. The van der Waals surface area contributed by atoms with Crippen LogP contribution in [-0.2, 0) is 14.3 Å². The third-order valence-electron chi connectivity index (χ3n) is 6.09. The number of rotatable bonds is 5. The first-order valence-corrected chi connectivity index (χ1v) is 9.23. The van der Waals surface area contributed by atoms with E-state index in [4.69, 9.17) is 9.47 Å². The van der Waals surface area contributed by atoms with Crippen LogP contribution in [0.25, 0.3) is 0 Å². The summed E-state index contributed by atoms with van der Waals surface area (Å²) in [4.78, 5) is 12.4. The number of hydrogen-bond donors (Lipinski definition) is 1. The molecule has 0 aromatic carbocycles. The van der Waals surface area contributed by atoms with Gasteiger partial charge in [0.15, 0.2) is 0 Å². The van der Waals surface area contributed by atoms with Crippen LogP contribution in [0.3, 0.4) is 0 Å². The van der Waals surface area contributed by atoms with Crippen molar-refractivity contribution in [3.05, 3.63) is 0 Å². The monoisotopic (exact) mass is 309 g/mol. The molecule has 4 nitrogen and oxygen atoms in total. The molecule has 1 amide bonds. The van der Waals surface area contributed by atoms with E-state index < -0.39 is 0 Å². The largest absolute Gasteiger partial charge is 0.381 e. The van der Waals surface area contributed by atoms with Gasteiger partial charge in [-0.15, -0.1) is 0 Å². The fourth-order valence-corrected chi connectivity index (χ4v) is 4.73. The van der Waals surface area contributed by atoms with Crippen LogP contribution >= 0.6 is 0 Å². The van der Waals surface area contributed by atoms with Gasteiger partial charge in [0, 0.05) is 37.7 Å². The Labute approximate surface area is 134 Å². The van der Waals surface area contributed by atoms with Crippen LogP contribution in [0, 0.1) is 11.3 Å². The summed E-state index contributed by atoms with van der Waals surface area (Å²) >= 11 is 0. The van der Waals surface area contributed by atoms with Crippen molar-refractivity contribution in [3.8, 4) is 0 Å². The van der Waals surface area contributed by atoms with E-state index in [1.54, 1.807) is 0 Å². The van der Waals surface area contributed by atoms with Gasteiger partial charge in [0.1, 0.15) is 0 Å². The van der Waals surface area contributed by atoms with Crippen molar-refractivity contribution in [1.29, 1.82) is 0 Å². The van der Waals surface area contributed by atoms with Crippen molar-refractivity contribution in [2.24, 2.45) is 11.3 Å². The average Bonchev–Trinajstić information content (AvgIpc) is 2.55. The molecule has 1 spiro atoms. The molecule has 126 valence electrons. The second-order valence-electron chi connectivity index (χ2n) is 7.35. The predicted octanol–water partition coefficient (Wildman–Crippen LogP) is 3.05. The van der Waals surface area contributed by atoms with E-state index in [-0.39, 0.29) is 11.3 Å². The van der Waals surface area contributed by atoms with Crippen molar-refractivity contribution in [1.82, 2.24) is 5.32 Å². The maximum atomic E-state index is 12.4. The molecule has 0 radical (unpaired) electrons. The fraction of sp³-hybridized carbons (Fsp3) is 0.944. The number of amides is 1. The summed E-state index contributed by atoms with van der Waals surface area (Å²) in [6, 6.07) is 0.344. The summed E-state index contributed by atoms with van der Waals surface area (Å²) < 4.78 is 11.3. The molecule has 1 N–H and O–H groups in total. The summed E-state index contributed by atoms with van der Waals surface area (Å²) in [6.07, 6.45) is 10.5. The van der Waals surface area contributed by atoms with Gasteiger partial charge in [-0.25, -0.2) is 0 Å². The van der Waals surface area contributed by atoms with Crippen molar-refractivity contribution < 1.29 is 14.3 Å². The number of nitrogens with one attached hydrogen (secondary N) is 1. The SMILES string of the molecule is CCO[C@@H]1C[C@@H](NC(=O)CC2CCOCC2)C12CCCCC2. The molecule has 0 aromatic heterocycles. The van der Waals surface area contributed by atoms with E-state index in [9.17, 15) is 4.79 Å². The number of hydrogen-bond acceptors (Lipinski definition) is 3. The molecule has 0 unspecified atom stereocenters. The molecular formula is C18H31NO3. The topological polar surface area (TPSA) is 47.6 Å². The Balaban J connectivity index is 1.53. The molecule has 3 aliphatic rings. The van der Waals surface area contributed by atoms with Crippen LogP contribution in [0.5, 0.6) is 0 Å². The highest BCUT2D eigenvalue weighted by molar-refractivity contribution is 5.76. The van der Waals surface area contributed by atoms with Gasteiger partial charge in [-0.3, -0.25) is 4.79 Å². The van der Waals surface area contributed by atoms with Crippen molar-refractivity contribution in [3.63, 3.8) is 0 Å². The van der Waals surface area contributed by atoms with Crippen LogP contribution in [0.4, 0.5) is 0 Å². The summed E-state index contributed by atoms with van der Waals surface area (Å²) in [5.41, 5.74) is 0.236. The summed E-state index contributed by atoms with van der Waals surface area (Å²) in [5, 5.41) is 3.35. The smallest absolute Gasteiger partial charge is 0.220 e. The summed E-state index contributed by atoms with van der Waals surface area (Å²) in [7, 11) is 0. The molecule has 0 bridgehead atoms. The Kier molecular flexibility index (Phi) is 5.40. The van der Waals surface area contributed by atoms with Crippen molar-refractivity contribution in [2.75, 3.05) is 19.8 Å². The molecule has 1 heterocycles. The molecule has 4 heteroatoms. The maximum Gasteiger partial charge on any atom is 0.220 e. The van der Waals surface area contributed by atoms with Crippen molar-refractivity contribution in [2.45, 2.75) is 76.9 Å². The van der Waals surface area contributed by atoms with E-state index in [2.05, 4.69) is 12.2 Å². The quantitative estimate of drug-likeness (QED) is 0.849. The molecule has 22 heavy (non-hydrogen) atoms. The molecule has 0 aromatic rings. The van der Waals surface area contributed by atoms with Gasteiger partial charge >= 0.3 is 0 Å². The van der Waals surface area contributed by atoms with E-state index >= 15 is 0 Å². The summed E-state index contributed by atoms with van der Waals surface area (Å²) in [6.45, 7) is 4.50. The van der Waals surface area contributed by atoms with Crippen LogP contribution in [-0.4, -0.2) is 37.9 Å². The maximum absolute atomic E-state index is 12.4. The van der Waals surface area contributed by atoms with Gasteiger partial charge in [0.2, 0.25) is 5.91 Å². The zero-order chi connectivity index (χ0) is 15.4. The fourth-order valence-electron chi connectivity index (χ4n) is 4.73. The Morgan fingerprint density at radius 2 is 1.95 bits per heavy atom. The Bertz CT molecular complexity index is 373. The normalized spacial score (nSPS) is 31.7. The number of carbonyl (C=O) groups excluding carboxylic acids is 1. The average molecular weight is 309 g/mol. The first-order chi connectivity index (χ1) is 10.7. The Morgan fingerprint density at radius 1 is 1.23 bits per heavy atom. The minimum absolute atomic E-state index is 0.236. The lowest BCUT2D eigenvalue weighted by molar-refractivity contribution is -0.157. The van der Waals surface area contributed by atoms with E-state index in [1.165, 1.54) is 32.1 Å². The molecule has 3 rings (SSSR count). The second-order valence-corrected chi connectivity index (χ2v) is 7.35. The molecule has 1 saturated heterocycles. The van der Waals surface area contributed by atoms with E-state index in [0.717, 1.165) is 39.1 Å². The first kappa shape index (κ1) is 16.3. The lowest BCUT2D eigenvalue weighted by Gasteiger charge is -2.57. The Morgan fingerprint density at radius 3 is 2.64 bits per heavy atom. The van der Waals surface area contributed by atoms with Gasteiger partial charge in [0.25, 0.3) is 0 Å². The minimum atomic E-state index is 0.236. The van der Waals surface area contributed by atoms with Gasteiger partial charge in [0.05, 0.1) is 6.10 Å². The standard InChI is InChI=1S/C18H31NO3/c1-2-22-16-13-15(18(16)8-4-3-5-9-18)19-17(20)12-14-6-10-21-11-7-14/h14-16H,2-13H2,1H3,(H,19,20)/t15-,16-/m1/s1. The second kappa shape index (κ2) is 7.31. The number of ether oxygens (including phenoxy) is 2. The van der Waals surface area contributed by atoms with Crippen molar-refractivity contribution >= 4 is 5.91 Å². The molecule has 2 aliphatic carbocycles. The van der Waals surface area contributed by atoms with Gasteiger partial charge < -0.3 is 14.8 Å². The lowest BCUT2D eigenvalue weighted by atomic mass is 9.55. The molecule has 2 saturated carbocycles. The van der Waals surface area contributed by atoms with Gasteiger partial charge in [-0.05, 0) is 44.9 Å². The Hall–Kier alpha value is -0.610. The highest BCUT2D eigenvalue weighted by Crippen LogP contribution is 2.53. The van der Waals surface area contributed by atoms with Crippen LogP contribution in [0.15, 0.2) is 0 Å². The highest BCUT2D eigenvalue weighted by Gasteiger charge is 2.56.